The first-order valence-corrected chi connectivity index (χ1v) is 5.02. The van der Waals surface area contributed by atoms with Gasteiger partial charge in [-0.1, -0.05) is 34.9 Å². The average molecular weight is 190 g/mol. The second-order valence-corrected chi connectivity index (χ2v) is 3.73. The van der Waals surface area contributed by atoms with Crippen molar-refractivity contribution < 1.29 is 0 Å². The molecular weight excluding hydrogens is 180 g/mol. The summed E-state index contributed by atoms with van der Waals surface area (Å²) in [4.78, 5) is 0. The molecule has 0 radical (unpaired) electrons. The number of allylic oxidation sites excluding steroid dienone is 2. The van der Waals surface area contributed by atoms with Gasteiger partial charge in [0.25, 0.3) is 0 Å². The SMILES string of the molecule is [CH+]=c1cc2ccccc2c2c1=CC=C[CH-]2. The second-order valence-electron chi connectivity index (χ2n) is 3.73. The van der Waals surface area contributed by atoms with E-state index >= 15 is 0 Å². The van der Waals surface area contributed by atoms with E-state index in [4.69, 9.17) is 6.58 Å². The Hall–Kier alpha value is -2.04. The normalized spacial score (nSPS) is 13.0. The minimum atomic E-state index is 0.851. The highest BCUT2D eigenvalue weighted by molar-refractivity contribution is 5.88. The lowest BCUT2D eigenvalue weighted by molar-refractivity contribution is 1.44. The zero-order valence-electron chi connectivity index (χ0n) is 8.27. The molecule has 0 saturated heterocycles. The Bertz CT molecular complexity index is 660. The van der Waals surface area contributed by atoms with Crippen LogP contribution < -0.4 is 10.4 Å². The van der Waals surface area contributed by atoms with Gasteiger partial charge in [0.2, 0.25) is 0 Å². The van der Waals surface area contributed by atoms with Gasteiger partial charge in [0.05, 0.1) is 5.22 Å². The third kappa shape index (κ3) is 1.16. The topological polar surface area (TPSA) is 0 Å². The number of fused-ring (bicyclic) bond motifs is 3. The molecule has 2 aromatic carbocycles. The molecule has 0 unspecified atom stereocenters. The lowest BCUT2D eigenvalue weighted by Gasteiger charge is -2.14. The summed E-state index contributed by atoms with van der Waals surface area (Å²) in [5.74, 6) is 0. The molecule has 2 aromatic rings. The fourth-order valence-electron chi connectivity index (χ4n) is 2.08. The highest BCUT2D eigenvalue weighted by atomic mass is 14.1. The van der Waals surface area contributed by atoms with Gasteiger partial charge < -0.3 is 0 Å². The first-order valence-electron chi connectivity index (χ1n) is 5.02. The maximum Gasteiger partial charge on any atom is 0.0940 e. The van der Waals surface area contributed by atoms with Crippen LogP contribution in [0.2, 0.25) is 0 Å². The Morgan fingerprint density at radius 1 is 1.13 bits per heavy atom. The predicted octanol–water partition coefficient (Wildman–Crippen LogP) is 2.03. The first kappa shape index (κ1) is 8.28. The molecule has 1 aliphatic rings. The molecule has 0 nitrogen and oxygen atoms in total. The Balaban J connectivity index is 2.60. The minimum absolute atomic E-state index is 0.851. The van der Waals surface area contributed by atoms with E-state index in [0.717, 1.165) is 10.4 Å². The minimum Gasteiger partial charge on any atom is -0.145 e. The molecule has 0 aromatic heterocycles. The van der Waals surface area contributed by atoms with Gasteiger partial charge in [0.15, 0.2) is 0 Å². The third-order valence-electron chi connectivity index (χ3n) is 2.80. The highest BCUT2D eigenvalue weighted by Crippen LogP contribution is 2.16. The maximum atomic E-state index is 6.02. The standard InChI is InChI=1S/C15H10/c1-11-10-12-6-2-3-8-14(12)15-9-5-4-7-13(11)15/h1-10H. The lowest BCUT2D eigenvalue weighted by atomic mass is 9.96. The molecule has 3 rings (SSSR count). The van der Waals surface area contributed by atoms with E-state index in [1.54, 1.807) is 0 Å². The molecule has 0 saturated carbocycles. The quantitative estimate of drug-likeness (QED) is 0.558. The molecule has 70 valence electrons. The first-order chi connectivity index (χ1) is 7.36. The van der Waals surface area contributed by atoms with Gasteiger partial charge in [0.1, 0.15) is 0 Å². The van der Waals surface area contributed by atoms with Gasteiger partial charge in [-0.05, 0) is 12.0 Å². The molecule has 1 aliphatic carbocycles. The summed E-state index contributed by atoms with van der Waals surface area (Å²) in [5.41, 5.74) is 1.23. The molecule has 0 bridgehead atoms. The predicted molar refractivity (Wildman–Crippen MR) is 64.7 cm³/mol. The summed E-state index contributed by atoms with van der Waals surface area (Å²) < 4.78 is 0. The molecule has 0 heterocycles. The van der Waals surface area contributed by atoms with Crippen LogP contribution >= 0.6 is 0 Å². The Morgan fingerprint density at radius 3 is 2.93 bits per heavy atom. The summed E-state index contributed by atoms with van der Waals surface area (Å²) in [6.45, 7) is 6.02. The summed E-state index contributed by atoms with van der Waals surface area (Å²) in [6, 6.07) is 10.4. The van der Waals surface area contributed by atoms with E-state index in [9.17, 15) is 0 Å². The molecule has 0 atom stereocenters. The average Bonchev–Trinajstić information content (AvgIpc) is 2.30. The molecule has 0 spiro atoms. The number of hydrogen-bond acceptors (Lipinski definition) is 0. The zero-order chi connectivity index (χ0) is 10.3. The van der Waals surface area contributed by atoms with Crippen molar-refractivity contribution in [2.75, 3.05) is 0 Å². The monoisotopic (exact) mass is 190 g/mol. The third-order valence-corrected chi connectivity index (χ3v) is 2.80. The molecular formula is C15H10. The summed E-state index contributed by atoms with van der Waals surface area (Å²) >= 11 is 0. The Morgan fingerprint density at radius 2 is 2.00 bits per heavy atom. The van der Waals surface area contributed by atoms with Crippen LogP contribution in [-0.2, 0) is 0 Å². The highest BCUT2D eigenvalue weighted by Gasteiger charge is 2.00. The van der Waals surface area contributed by atoms with Crippen LogP contribution in [0, 0.1) is 6.42 Å². The van der Waals surface area contributed by atoms with Gasteiger partial charge in [-0.25, -0.2) is 0 Å². The van der Waals surface area contributed by atoms with Crippen molar-refractivity contribution in [1.29, 1.82) is 0 Å². The fraction of sp³-hybridized carbons (Fsp3) is 0. The van der Waals surface area contributed by atoms with Gasteiger partial charge in [-0.2, -0.15) is 0 Å². The Kier molecular flexibility index (Phi) is 1.65. The van der Waals surface area contributed by atoms with Gasteiger partial charge >= 0.3 is 0 Å². The van der Waals surface area contributed by atoms with Gasteiger partial charge in [-0.3, -0.25) is 0 Å². The van der Waals surface area contributed by atoms with Crippen LogP contribution in [0.15, 0.2) is 42.5 Å². The van der Waals surface area contributed by atoms with Crippen LogP contribution in [0.5, 0.6) is 0 Å². The number of benzene rings is 2. The van der Waals surface area contributed by atoms with E-state index in [2.05, 4.69) is 30.7 Å². The zero-order valence-corrected chi connectivity index (χ0v) is 8.27. The molecule has 0 amide bonds. The largest absolute Gasteiger partial charge is 0.145 e. The van der Waals surface area contributed by atoms with Crippen LogP contribution in [0.4, 0.5) is 0 Å². The van der Waals surface area contributed by atoms with Crippen molar-refractivity contribution >= 4 is 23.4 Å². The fourth-order valence-corrected chi connectivity index (χ4v) is 2.08. The van der Waals surface area contributed by atoms with Crippen molar-refractivity contribution in [2.24, 2.45) is 0 Å². The van der Waals surface area contributed by atoms with Crippen LogP contribution in [-0.4, -0.2) is 0 Å². The maximum absolute atomic E-state index is 6.02. The summed E-state index contributed by atoms with van der Waals surface area (Å²) in [7, 11) is 0. The van der Waals surface area contributed by atoms with Crippen molar-refractivity contribution in [3.8, 4) is 0 Å². The Labute approximate surface area is 88.9 Å². The van der Waals surface area contributed by atoms with E-state index in [-0.39, 0.29) is 0 Å². The van der Waals surface area contributed by atoms with Gasteiger partial charge in [-0.15, -0.1) is 30.2 Å². The van der Waals surface area contributed by atoms with Crippen LogP contribution in [0.3, 0.4) is 0 Å². The molecule has 0 aliphatic heterocycles. The van der Waals surface area contributed by atoms with Crippen molar-refractivity contribution in [1.82, 2.24) is 0 Å². The smallest absolute Gasteiger partial charge is 0.0940 e. The molecule has 15 heavy (non-hydrogen) atoms. The molecule has 0 fully saturated rings. The second kappa shape index (κ2) is 2.98. The lowest BCUT2D eigenvalue weighted by Crippen LogP contribution is -2.27. The van der Waals surface area contributed by atoms with Crippen molar-refractivity contribution in [3.05, 3.63) is 64.9 Å². The summed E-state index contributed by atoms with van der Waals surface area (Å²) in [5, 5.41) is 4.46. The van der Waals surface area contributed by atoms with E-state index < -0.39 is 0 Å². The number of hydrogen-bond donors (Lipinski definition) is 0. The van der Waals surface area contributed by atoms with E-state index in [1.165, 1.54) is 16.3 Å². The molecule has 0 N–H and O–H groups in total. The van der Waals surface area contributed by atoms with Crippen LogP contribution in [0.25, 0.3) is 23.4 Å². The van der Waals surface area contributed by atoms with E-state index in [0.29, 0.717) is 0 Å². The number of rotatable bonds is 0. The van der Waals surface area contributed by atoms with Gasteiger partial charge in [0, 0.05) is 6.07 Å². The molecule has 0 heteroatoms. The van der Waals surface area contributed by atoms with Crippen molar-refractivity contribution in [2.45, 2.75) is 0 Å². The van der Waals surface area contributed by atoms with Crippen molar-refractivity contribution in [3.63, 3.8) is 0 Å². The van der Waals surface area contributed by atoms with E-state index in [1.807, 2.05) is 24.3 Å². The van der Waals surface area contributed by atoms with Crippen LogP contribution in [0.1, 0.15) is 5.56 Å². The summed E-state index contributed by atoms with van der Waals surface area (Å²) in [6.07, 6.45) is 8.26.